The maximum atomic E-state index is 13.5. The molecule has 1 N–H and O–H groups in total. The molecular formula is C26H28N4O4. The quantitative estimate of drug-likeness (QED) is 0.690. The van der Waals surface area contributed by atoms with Gasteiger partial charge in [0.25, 0.3) is 11.8 Å². The van der Waals surface area contributed by atoms with Gasteiger partial charge in [-0.1, -0.05) is 61.7 Å². The van der Waals surface area contributed by atoms with Crippen LogP contribution >= 0.6 is 0 Å². The van der Waals surface area contributed by atoms with E-state index in [-0.39, 0.29) is 24.4 Å². The number of imide groups is 1. The summed E-state index contributed by atoms with van der Waals surface area (Å²) in [5.41, 5.74) is 1.78. The highest BCUT2D eigenvalue weighted by atomic mass is 16.5. The molecule has 0 aromatic heterocycles. The fourth-order valence-electron chi connectivity index (χ4n) is 5.15. The maximum absolute atomic E-state index is 13.5. The lowest BCUT2D eigenvalue weighted by Crippen LogP contribution is -2.49. The van der Waals surface area contributed by atoms with Crippen LogP contribution in [0.1, 0.15) is 55.7 Å². The number of hydrazone groups is 1. The number of urea groups is 1. The molecule has 1 unspecified atom stereocenters. The summed E-state index contributed by atoms with van der Waals surface area (Å²) in [7, 11) is 1.61. The van der Waals surface area contributed by atoms with Gasteiger partial charge in [0.2, 0.25) is 0 Å². The van der Waals surface area contributed by atoms with Gasteiger partial charge in [0, 0.05) is 6.42 Å². The van der Waals surface area contributed by atoms with E-state index in [2.05, 4.69) is 10.4 Å². The number of hydrogen-bond donors (Lipinski definition) is 1. The number of carbonyl (C=O) groups excluding carboxylic acids is 3. The standard InChI is InChI=1S/C26H28N4O4/c1-34-20-12-10-19(11-13-20)22-16-21(18-8-4-2-5-9-18)28-30(22)23(31)17-29-24(32)26(27-25(29)33)14-6-3-7-15-26/h2,4-5,8-13,22H,3,6-7,14-17H2,1H3,(H,27,33). The molecular weight excluding hydrogens is 432 g/mol. The lowest BCUT2D eigenvalue weighted by molar-refractivity contribution is -0.140. The summed E-state index contributed by atoms with van der Waals surface area (Å²) in [6.45, 7) is -0.329. The third-order valence-electron chi connectivity index (χ3n) is 7.02. The second-order valence-corrected chi connectivity index (χ2v) is 9.11. The minimum Gasteiger partial charge on any atom is -0.497 e. The third kappa shape index (κ3) is 3.93. The van der Waals surface area contributed by atoms with Crippen LogP contribution in [-0.2, 0) is 9.59 Å². The Hall–Kier alpha value is -3.68. The lowest BCUT2D eigenvalue weighted by Gasteiger charge is -2.30. The summed E-state index contributed by atoms with van der Waals surface area (Å²) in [5.74, 6) is 0.0436. The molecule has 1 aliphatic carbocycles. The van der Waals surface area contributed by atoms with Crippen molar-refractivity contribution in [1.29, 1.82) is 0 Å². The third-order valence-corrected chi connectivity index (χ3v) is 7.02. The second-order valence-electron chi connectivity index (χ2n) is 9.11. The van der Waals surface area contributed by atoms with Crippen LogP contribution in [-0.4, -0.2) is 52.7 Å². The zero-order valence-electron chi connectivity index (χ0n) is 19.2. The number of rotatable bonds is 5. The Morgan fingerprint density at radius 1 is 1.06 bits per heavy atom. The van der Waals surface area contributed by atoms with Crippen LogP contribution in [0.5, 0.6) is 5.75 Å². The van der Waals surface area contributed by atoms with Crippen LogP contribution in [0, 0.1) is 0 Å². The van der Waals surface area contributed by atoms with Gasteiger partial charge in [-0.2, -0.15) is 5.10 Å². The van der Waals surface area contributed by atoms with E-state index < -0.39 is 11.6 Å². The number of benzene rings is 2. The van der Waals surface area contributed by atoms with Crippen LogP contribution in [0.15, 0.2) is 59.7 Å². The van der Waals surface area contributed by atoms with Gasteiger partial charge in [-0.3, -0.25) is 14.5 Å². The van der Waals surface area contributed by atoms with Gasteiger partial charge < -0.3 is 10.1 Å². The molecule has 4 amide bonds. The van der Waals surface area contributed by atoms with Crippen molar-refractivity contribution in [3.8, 4) is 5.75 Å². The van der Waals surface area contributed by atoms with E-state index in [9.17, 15) is 14.4 Å². The zero-order valence-corrected chi connectivity index (χ0v) is 19.2. The first kappa shape index (κ1) is 22.1. The number of hydrogen-bond acceptors (Lipinski definition) is 5. The number of nitrogens with zero attached hydrogens (tertiary/aromatic N) is 3. The van der Waals surface area contributed by atoms with E-state index >= 15 is 0 Å². The first-order chi connectivity index (χ1) is 16.5. The van der Waals surface area contributed by atoms with E-state index in [1.807, 2.05) is 54.6 Å². The molecule has 0 radical (unpaired) electrons. The first-order valence-electron chi connectivity index (χ1n) is 11.7. The molecule has 34 heavy (non-hydrogen) atoms. The monoisotopic (exact) mass is 460 g/mol. The van der Waals surface area contributed by atoms with Crippen molar-refractivity contribution in [2.45, 2.75) is 50.1 Å². The predicted octanol–water partition coefficient (Wildman–Crippen LogP) is 3.63. The van der Waals surface area contributed by atoms with Crippen molar-refractivity contribution >= 4 is 23.6 Å². The van der Waals surface area contributed by atoms with Gasteiger partial charge >= 0.3 is 6.03 Å². The summed E-state index contributed by atoms with van der Waals surface area (Å²) < 4.78 is 5.27. The Morgan fingerprint density at radius 2 is 1.76 bits per heavy atom. The predicted molar refractivity (Wildman–Crippen MR) is 126 cm³/mol. The summed E-state index contributed by atoms with van der Waals surface area (Å²) in [6, 6.07) is 16.4. The molecule has 2 aromatic rings. The summed E-state index contributed by atoms with van der Waals surface area (Å²) in [6.07, 6.45) is 4.62. The molecule has 1 spiro atoms. The number of amides is 4. The fraction of sp³-hybridized carbons (Fsp3) is 0.385. The molecule has 1 saturated heterocycles. The molecule has 0 bridgehead atoms. The molecule has 1 saturated carbocycles. The Bertz CT molecular complexity index is 1120. The topological polar surface area (TPSA) is 91.3 Å². The van der Waals surface area contributed by atoms with E-state index in [4.69, 9.17) is 4.74 Å². The van der Waals surface area contributed by atoms with E-state index in [1.54, 1.807) is 7.11 Å². The van der Waals surface area contributed by atoms with Crippen LogP contribution in [0.3, 0.4) is 0 Å². The van der Waals surface area contributed by atoms with Gasteiger partial charge in [-0.15, -0.1) is 0 Å². The maximum Gasteiger partial charge on any atom is 0.325 e. The molecule has 3 aliphatic rings. The van der Waals surface area contributed by atoms with E-state index in [1.165, 1.54) is 5.01 Å². The molecule has 1 atom stereocenters. The molecule has 2 fully saturated rings. The van der Waals surface area contributed by atoms with Crippen molar-refractivity contribution in [2.24, 2.45) is 5.10 Å². The van der Waals surface area contributed by atoms with Gasteiger partial charge in [0.15, 0.2) is 0 Å². The summed E-state index contributed by atoms with van der Waals surface area (Å²) in [4.78, 5) is 40.4. The average molecular weight is 461 g/mol. The smallest absolute Gasteiger partial charge is 0.325 e. The van der Waals surface area contributed by atoms with Crippen molar-refractivity contribution < 1.29 is 19.1 Å². The van der Waals surface area contributed by atoms with Crippen LogP contribution in [0.25, 0.3) is 0 Å². The molecule has 2 aliphatic heterocycles. The normalized spacial score (nSPS) is 21.6. The second kappa shape index (κ2) is 8.93. The Kier molecular flexibility index (Phi) is 5.81. The molecule has 8 heteroatoms. The van der Waals surface area contributed by atoms with Gasteiger partial charge in [0.05, 0.1) is 18.9 Å². The highest BCUT2D eigenvalue weighted by molar-refractivity contribution is 6.09. The molecule has 176 valence electrons. The lowest BCUT2D eigenvalue weighted by atomic mass is 9.82. The largest absolute Gasteiger partial charge is 0.497 e. The van der Waals surface area contributed by atoms with E-state index in [0.29, 0.717) is 19.3 Å². The zero-order chi connectivity index (χ0) is 23.7. The van der Waals surface area contributed by atoms with Gasteiger partial charge in [-0.05, 0) is 36.1 Å². The van der Waals surface area contributed by atoms with E-state index in [0.717, 1.165) is 46.8 Å². The minimum atomic E-state index is -0.853. The van der Waals surface area contributed by atoms with Crippen LogP contribution in [0.2, 0.25) is 0 Å². The Morgan fingerprint density at radius 3 is 2.44 bits per heavy atom. The molecule has 2 heterocycles. The number of ether oxygens (including phenoxy) is 1. The Labute approximate surface area is 198 Å². The van der Waals surface area contributed by atoms with Crippen LogP contribution in [0.4, 0.5) is 4.79 Å². The Balaban J connectivity index is 1.41. The first-order valence-corrected chi connectivity index (χ1v) is 11.7. The van der Waals surface area contributed by atoms with Crippen LogP contribution < -0.4 is 10.1 Å². The van der Waals surface area contributed by atoms with Crippen molar-refractivity contribution in [3.63, 3.8) is 0 Å². The van der Waals surface area contributed by atoms with Crippen molar-refractivity contribution in [1.82, 2.24) is 15.2 Å². The summed E-state index contributed by atoms with van der Waals surface area (Å²) >= 11 is 0. The molecule has 5 rings (SSSR count). The van der Waals surface area contributed by atoms with Gasteiger partial charge in [-0.25, -0.2) is 9.80 Å². The average Bonchev–Trinajstić information content (AvgIpc) is 3.41. The summed E-state index contributed by atoms with van der Waals surface area (Å²) in [5, 5.41) is 8.95. The molecule has 2 aromatic carbocycles. The number of methoxy groups -OCH3 is 1. The molecule has 8 nitrogen and oxygen atoms in total. The van der Waals surface area contributed by atoms with Crippen molar-refractivity contribution in [2.75, 3.05) is 13.7 Å². The number of nitrogens with one attached hydrogen (secondary N) is 1. The number of carbonyl (C=O) groups is 3. The highest BCUT2D eigenvalue weighted by Crippen LogP contribution is 2.36. The SMILES string of the molecule is COc1ccc(C2CC(c3ccccc3)=NN2C(=O)CN2C(=O)NC3(CCCCC3)C2=O)cc1. The van der Waals surface area contributed by atoms with Gasteiger partial charge in [0.1, 0.15) is 17.8 Å². The van der Waals surface area contributed by atoms with Crippen molar-refractivity contribution in [3.05, 3.63) is 65.7 Å². The highest BCUT2D eigenvalue weighted by Gasteiger charge is 2.52. The minimum absolute atomic E-state index is 0.294. The fourth-order valence-corrected chi connectivity index (χ4v) is 5.15.